The summed E-state index contributed by atoms with van der Waals surface area (Å²) in [6, 6.07) is 38.8. The van der Waals surface area contributed by atoms with Crippen LogP contribution in [0.1, 0.15) is 108 Å². The second-order valence-corrected chi connectivity index (χ2v) is 14.5. The third-order valence-corrected chi connectivity index (χ3v) is 10.2. The van der Waals surface area contributed by atoms with Crippen molar-refractivity contribution in [1.29, 1.82) is 0 Å². The number of rotatable bonds is 7. The SMILES string of the molecule is C.C.O=C(O)c1ccc2c(c1)C(=O)OC2=O.O=C(Oc1ccc(-c2ccc(OC(=O)c3ccc4c(c3)C(=O)OC4=O)cc2)cc1)c1ccc2c(c1)C(=O)OC2=O.Oc1ccc(-c2ccc(O)cc2)cc1. The maximum absolute atomic E-state index is 12.5. The normalized spacial score (nSPS) is 12.3. The minimum atomic E-state index is -1.15. The lowest BCUT2D eigenvalue weighted by molar-refractivity contribution is 0.0425. The molecule has 0 amide bonds. The average Bonchev–Trinajstić information content (AvgIpc) is 3.92. The molecule has 10 rings (SSSR count). The molecular weight excluding hydrogens is 909 g/mol. The first-order chi connectivity index (χ1) is 32.6. The van der Waals surface area contributed by atoms with Crippen LogP contribution >= 0.6 is 0 Å². The lowest BCUT2D eigenvalue weighted by atomic mass is 10.0. The predicted molar refractivity (Wildman–Crippen MR) is 246 cm³/mol. The highest BCUT2D eigenvalue weighted by molar-refractivity contribution is 6.17. The summed E-state index contributed by atoms with van der Waals surface area (Å²) < 4.78 is 24.1. The van der Waals surface area contributed by atoms with E-state index in [0.717, 1.165) is 28.3 Å². The van der Waals surface area contributed by atoms with Gasteiger partial charge in [0.15, 0.2) is 0 Å². The number of fused-ring (bicyclic) bond motifs is 3. The molecule has 0 aromatic heterocycles. The second kappa shape index (κ2) is 20.6. The molecule has 0 bridgehead atoms. The zero-order valence-electron chi connectivity index (χ0n) is 34.5. The Labute approximate surface area is 396 Å². The van der Waals surface area contributed by atoms with Crippen LogP contribution in [0.25, 0.3) is 22.3 Å². The maximum atomic E-state index is 12.5. The van der Waals surface area contributed by atoms with Crippen LogP contribution in [0.2, 0.25) is 0 Å². The Morgan fingerprint density at radius 1 is 0.343 bits per heavy atom. The number of aromatic hydroxyl groups is 2. The zero-order chi connectivity index (χ0) is 48.2. The van der Waals surface area contributed by atoms with Crippen LogP contribution in [0.15, 0.2) is 152 Å². The number of carbonyl (C=O) groups is 9. The fourth-order valence-corrected chi connectivity index (χ4v) is 6.71. The first kappa shape index (κ1) is 49.4. The second-order valence-electron chi connectivity index (χ2n) is 14.5. The molecule has 17 nitrogen and oxygen atoms in total. The largest absolute Gasteiger partial charge is 0.508 e. The first-order valence-corrected chi connectivity index (χ1v) is 19.8. The summed E-state index contributed by atoms with van der Waals surface area (Å²) in [5, 5.41) is 26.8. The van der Waals surface area contributed by atoms with Gasteiger partial charge in [-0.05, 0) is 125 Å². The molecule has 3 N–H and O–H groups in total. The number of hydrogen-bond donors (Lipinski definition) is 3. The number of benzene rings is 7. The molecule has 0 unspecified atom stereocenters. The zero-order valence-corrected chi connectivity index (χ0v) is 34.5. The van der Waals surface area contributed by atoms with E-state index in [1.807, 2.05) is 24.3 Å². The van der Waals surface area contributed by atoms with Crippen molar-refractivity contribution in [3.63, 3.8) is 0 Å². The van der Waals surface area contributed by atoms with Gasteiger partial charge in [0.1, 0.15) is 23.0 Å². The standard InChI is InChI=1S/C30H14O10.C12H10O2.C9H4O5.2CH4/c31-25(17-5-11-21-23(13-17)29(35)39-27(21)33)37-19-7-1-15(2-8-19)16-3-9-20(10-4-16)38-26(32)18-6-12-22-24(14-18)30(36)40-28(22)34;13-11-5-1-9(2-6-11)10-3-7-12(14)8-4-10;10-7(11)4-1-2-5-6(3-4)9(13)14-8(5)12;;/h1-14H;1-8,13-14H;1-3H,(H,10,11);2*1H4. The molecule has 0 saturated heterocycles. The summed E-state index contributed by atoms with van der Waals surface area (Å²) >= 11 is 0. The summed E-state index contributed by atoms with van der Waals surface area (Å²) in [5.74, 6) is -6.20. The minimum absolute atomic E-state index is 0. The number of esters is 8. The molecule has 3 aliphatic rings. The van der Waals surface area contributed by atoms with Crippen LogP contribution in [0, 0.1) is 0 Å². The number of carbonyl (C=O) groups excluding carboxylic acids is 8. The van der Waals surface area contributed by atoms with Crippen LogP contribution in [0.5, 0.6) is 23.0 Å². The van der Waals surface area contributed by atoms with Crippen LogP contribution in [-0.4, -0.2) is 69.0 Å². The summed E-state index contributed by atoms with van der Waals surface area (Å²) in [4.78, 5) is 104. The van der Waals surface area contributed by atoms with Crippen LogP contribution in [0.4, 0.5) is 0 Å². The van der Waals surface area contributed by atoms with E-state index in [2.05, 4.69) is 14.2 Å². The Hall–Kier alpha value is -10.0. The molecule has 7 aromatic rings. The summed E-state index contributed by atoms with van der Waals surface area (Å²) in [6.45, 7) is 0. The summed E-state index contributed by atoms with van der Waals surface area (Å²) in [7, 11) is 0. The highest BCUT2D eigenvalue weighted by atomic mass is 16.6. The molecule has 0 spiro atoms. The van der Waals surface area contributed by atoms with Gasteiger partial charge in [-0.15, -0.1) is 0 Å². The van der Waals surface area contributed by atoms with Gasteiger partial charge in [0.05, 0.1) is 50.1 Å². The molecule has 3 heterocycles. The van der Waals surface area contributed by atoms with Crippen LogP contribution in [-0.2, 0) is 14.2 Å². The van der Waals surface area contributed by atoms with Crippen molar-refractivity contribution in [1.82, 2.24) is 0 Å². The number of hydrogen-bond acceptors (Lipinski definition) is 16. The molecule has 17 heteroatoms. The van der Waals surface area contributed by atoms with E-state index in [-0.39, 0.29) is 87.9 Å². The van der Waals surface area contributed by atoms with Crippen molar-refractivity contribution in [2.45, 2.75) is 14.9 Å². The molecule has 350 valence electrons. The predicted octanol–water partition coefficient (Wildman–Crippen LogP) is 9.15. The lowest BCUT2D eigenvalue weighted by Crippen LogP contribution is -2.09. The molecular formula is C53H36O17. The molecule has 0 aliphatic carbocycles. The number of phenolic OH excluding ortho intramolecular Hbond substituents is 2. The van der Waals surface area contributed by atoms with Gasteiger partial charge in [-0.25, -0.2) is 43.2 Å². The Balaban J connectivity index is 0.000000218. The van der Waals surface area contributed by atoms with Crippen LogP contribution in [0.3, 0.4) is 0 Å². The number of aromatic carboxylic acids is 1. The molecule has 0 radical (unpaired) electrons. The molecule has 0 saturated carbocycles. The number of carboxylic acids is 1. The molecule has 0 atom stereocenters. The smallest absolute Gasteiger partial charge is 0.346 e. The van der Waals surface area contributed by atoms with Gasteiger partial charge < -0.3 is 39.0 Å². The fourth-order valence-electron chi connectivity index (χ4n) is 6.71. The van der Waals surface area contributed by atoms with Gasteiger partial charge >= 0.3 is 53.7 Å². The van der Waals surface area contributed by atoms with E-state index in [4.69, 9.17) is 24.8 Å². The first-order valence-electron chi connectivity index (χ1n) is 19.8. The Morgan fingerprint density at radius 3 is 0.900 bits per heavy atom. The monoisotopic (exact) mass is 944 g/mol. The molecule has 3 aliphatic heterocycles. The third-order valence-electron chi connectivity index (χ3n) is 10.2. The Morgan fingerprint density at radius 2 is 0.600 bits per heavy atom. The van der Waals surface area contributed by atoms with E-state index in [9.17, 15) is 43.2 Å². The number of carboxylic acid groups (broad SMARTS) is 1. The topological polar surface area (TPSA) is 260 Å². The van der Waals surface area contributed by atoms with Crippen molar-refractivity contribution in [3.8, 4) is 45.3 Å². The van der Waals surface area contributed by atoms with Crippen molar-refractivity contribution in [2.24, 2.45) is 0 Å². The maximum Gasteiger partial charge on any atom is 0.346 e. The fraction of sp³-hybridized carbons (Fsp3) is 0.0377. The van der Waals surface area contributed by atoms with Crippen LogP contribution < -0.4 is 9.47 Å². The van der Waals surface area contributed by atoms with Gasteiger partial charge in [0, 0.05) is 0 Å². The van der Waals surface area contributed by atoms with E-state index < -0.39 is 53.7 Å². The Kier molecular flexibility index (Phi) is 14.6. The molecule has 70 heavy (non-hydrogen) atoms. The molecule has 0 fully saturated rings. The van der Waals surface area contributed by atoms with Crippen molar-refractivity contribution < 1.29 is 82.2 Å². The van der Waals surface area contributed by atoms with Gasteiger partial charge in [-0.1, -0.05) is 63.4 Å². The third kappa shape index (κ3) is 10.6. The van der Waals surface area contributed by atoms with Gasteiger partial charge in [-0.3, -0.25) is 0 Å². The lowest BCUT2D eigenvalue weighted by Gasteiger charge is -2.08. The molecule has 7 aromatic carbocycles. The van der Waals surface area contributed by atoms with Crippen molar-refractivity contribution >= 4 is 53.7 Å². The Bertz CT molecular complexity index is 3080. The average molecular weight is 945 g/mol. The van der Waals surface area contributed by atoms with Gasteiger partial charge in [-0.2, -0.15) is 0 Å². The summed E-state index contributed by atoms with van der Waals surface area (Å²) in [5.41, 5.74) is 4.08. The van der Waals surface area contributed by atoms with Crippen molar-refractivity contribution in [2.75, 3.05) is 0 Å². The van der Waals surface area contributed by atoms with E-state index in [0.29, 0.717) is 0 Å². The quantitative estimate of drug-likeness (QED) is 0.0582. The highest BCUT2D eigenvalue weighted by Gasteiger charge is 2.32. The van der Waals surface area contributed by atoms with Crippen molar-refractivity contribution in [3.05, 3.63) is 202 Å². The summed E-state index contributed by atoms with van der Waals surface area (Å²) in [6.07, 6.45) is 0. The minimum Gasteiger partial charge on any atom is -0.508 e. The van der Waals surface area contributed by atoms with E-state index in [1.54, 1.807) is 72.8 Å². The number of ether oxygens (including phenoxy) is 5. The van der Waals surface area contributed by atoms with E-state index >= 15 is 0 Å². The highest BCUT2D eigenvalue weighted by Crippen LogP contribution is 2.29. The number of cyclic esters (lactones) is 6. The van der Waals surface area contributed by atoms with E-state index in [1.165, 1.54) is 48.5 Å². The van der Waals surface area contributed by atoms with Gasteiger partial charge in [0.2, 0.25) is 0 Å². The van der Waals surface area contributed by atoms with Gasteiger partial charge in [0.25, 0.3) is 0 Å². The number of phenols is 2.